The van der Waals surface area contributed by atoms with Crippen LogP contribution in [0.4, 0.5) is 0 Å². The van der Waals surface area contributed by atoms with E-state index in [4.69, 9.17) is 14.2 Å². The Morgan fingerprint density at radius 2 is 2.06 bits per heavy atom. The molecule has 0 aliphatic carbocycles. The molecule has 5 heteroatoms. The molecular weight excluding hydrogens is 236 g/mol. The zero-order valence-corrected chi connectivity index (χ0v) is 10.8. The van der Waals surface area contributed by atoms with Gasteiger partial charge in [0.05, 0.1) is 33.4 Å². The molecule has 100 valence electrons. The molecule has 0 aliphatic heterocycles. The van der Waals surface area contributed by atoms with Gasteiger partial charge in [0, 0.05) is 5.56 Å². The van der Waals surface area contributed by atoms with Gasteiger partial charge in [-0.15, -0.1) is 0 Å². The summed E-state index contributed by atoms with van der Waals surface area (Å²) in [5.41, 5.74) is 0.505. The Labute approximate surface area is 106 Å². The quantitative estimate of drug-likeness (QED) is 0.782. The molecule has 0 bridgehead atoms. The van der Waals surface area contributed by atoms with Gasteiger partial charge in [0.2, 0.25) is 0 Å². The van der Waals surface area contributed by atoms with E-state index < -0.39 is 12.1 Å². The fourth-order valence-corrected chi connectivity index (χ4v) is 1.59. The molecule has 0 aliphatic rings. The Morgan fingerprint density at radius 3 is 2.61 bits per heavy atom. The Bertz CT molecular complexity index is 402. The number of methoxy groups -OCH3 is 2. The van der Waals surface area contributed by atoms with Crippen molar-refractivity contribution in [1.82, 2.24) is 0 Å². The van der Waals surface area contributed by atoms with E-state index in [1.807, 2.05) is 0 Å². The number of ether oxygens (including phenoxy) is 3. The van der Waals surface area contributed by atoms with Crippen LogP contribution in [0.2, 0.25) is 0 Å². The molecule has 1 aromatic rings. The first-order valence-corrected chi connectivity index (χ1v) is 5.68. The minimum absolute atomic E-state index is 0.114. The molecule has 0 aromatic heterocycles. The molecule has 0 saturated carbocycles. The van der Waals surface area contributed by atoms with E-state index in [1.165, 1.54) is 14.2 Å². The maximum Gasteiger partial charge on any atom is 0.308 e. The molecule has 1 atom stereocenters. The average molecular weight is 254 g/mol. The Kier molecular flexibility index (Phi) is 5.45. The van der Waals surface area contributed by atoms with Crippen molar-refractivity contribution in [2.75, 3.05) is 20.8 Å². The lowest BCUT2D eigenvalue weighted by Crippen LogP contribution is -2.11. The minimum Gasteiger partial charge on any atom is -0.497 e. The van der Waals surface area contributed by atoms with Crippen LogP contribution in [-0.2, 0) is 9.53 Å². The third-order valence-corrected chi connectivity index (χ3v) is 2.46. The number of benzene rings is 1. The zero-order chi connectivity index (χ0) is 13.5. The smallest absolute Gasteiger partial charge is 0.308 e. The van der Waals surface area contributed by atoms with E-state index in [0.29, 0.717) is 23.7 Å². The molecule has 1 aromatic carbocycles. The summed E-state index contributed by atoms with van der Waals surface area (Å²) in [5, 5.41) is 10.0. The fraction of sp³-hybridized carbons (Fsp3) is 0.462. The maximum absolute atomic E-state index is 11.3. The number of hydrogen-bond acceptors (Lipinski definition) is 5. The Morgan fingerprint density at radius 1 is 1.33 bits per heavy atom. The minimum atomic E-state index is -0.978. The SMILES string of the molecule is CCOC(=O)CC(O)c1cc(OC)ccc1OC. The summed E-state index contributed by atoms with van der Waals surface area (Å²) in [6, 6.07) is 5.05. The van der Waals surface area contributed by atoms with Gasteiger partial charge in [-0.2, -0.15) is 0 Å². The van der Waals surface area contributed by atoms with Crippen LogP contribution in [0.1, 0.15) is 25.0 Å². The van der Waals surface area contributed by atoms with Gasteiger partial charge >= 0.3 is 5.97 Å². The van der Waals surface area contributed by atoms with Gasteiger partial charge in [-0.3, -0.25) is 4.79 Å². The lowest BCUT2D eigenvalue weighted by Gasteiger charge is -2.15. The van der Waals surface area contributed by atoms with Crippen molar-refractivity contribution in [2.45, 2.75) is 19.4 Å². The van der Waals surface area contributed by atoms with Gasteiger partial charge in [0.25, 0.3) is 0 Å². The van der Waals surface area contributed by atoms with Crippen molar-refractivity contribution in [3.8, 4) is 11.5 Å². The van der Waals surface area contributed by atoms with E-state index in [9.17, 15) is 9.90 Å². The summed E-state index contributed by atoms with van der Waals surface area (Å²) >= 11 is 0. The van der Waals surface area contributed by atoms with Crippen molar-refractivity contribution in [3.05, 3.63) is 23.8 Å². The van der Waals surface area contributed by atoms with Gasteiger partial charge in [0.1, 0.15) is 11.5 Å². The Balaban J connectivity index is 2.88. The molecule has 0 spiro atoms. The standard InChI is InChI=1S/C13H18O5/c1-4-18-13(15)8-11(14)10-7-9(16-2)5-6-12(10)17-3/h5-7,11,14H,4,8H2,1-3H3. The first-order chi connectivity index (χ1) is 8.62. The second-order valence-corrected chi connectivity index (χ2v) is 3.63. The van der Waals surface area contributed by atoms with E-state index in [0.717, 1.165) is 0 Å². The third-order valence-electron chi connectivity index (χ3n) is 2.46. The van der Waals surface area contributed by atoms with E-state index >= 15 is 0 Å². The van der Waals surface area contributed by atoms with Crippen molar-refractivity contribution < 1.29 is 24.1 Å². The van der Waals surface area contributed by atoms with Gasteiger partial charge in [-0.05, 0) is 25.1 Å². The second kappa shape index (κ2) is 6.86. The first kappa shape index (κ1) is 14.3. The fourth-order valence-electron chi connectivity index (χ4n) is 1.59. The van der Waals surface area contributed by atoms with Crippen LogP contribution in [-0.4, -0.2) is 31.9 Å². The molecule has 1 N–H and O–H groups in total. The van der Waals surface area contributed by atoms with Crippen LogP contribution in [0.5, 0.6) is 11.5 Å². The summed E-state index contributed by atoms with van der Waals surface area (Å²) in [6.45, 7) is 2.01. The van der Waals surface area contributed by atoms with Crippen molar-refractivity contribution >= 4 is 5.97 Å². The number of aliphatic hydroxyl groups is 1. The monoisotopic (exact) mass is 254 g/mol. The molecule has 0 fully saturated rings. The molecule has 0 saturated heterocycles. The lowest BCUT2D eigenvalue weighted by molar-refractivity contribution is -0.145. The topological polar surface area (TPSA) is 65.0 Å². The van der Waals surface area contributed by atoms with Gasteiger partial charge < -0.3 is 19.3 Å². The second-order valence-electron chi connectivity index (χ2n) is 3.63. The Hall–Kier alpha value is -1.75. The maximum atomic E-state index is 11.3. The average Bonchev–Trinajstić information content (AvgIpc) is 2.38. The van der Waals surface area contributed by atoms with Crippen molar-refractivity contribution in [2.24, 2.45) is 0 Å². The summed E-state index contributed by atoms with van der Waals surface area (Å²) in [6.07, 6.45) is -1.09. The highest BCUT2D eigenvalue weighted by Gasteiger charge is 2.18. The summed E-state index contributed by atoms with van der Waals surface area (Å²) in [5.74, 6) is 0.649. The van der Waals surface area contributed by atoms with Crippen LogP contribution in [0.3, 0.4) is 0 Å². The molecule has 0 amide bonds. The normalized spacial score (nSPS) is 11.8. The number of aliphatic hydroxyl groups excluding tert-OH is 1. The van der Waals surface area contributed by atoms with E-state index in [-0.39, 0.29) is 6.42 Å². The molecular formula is C13H18O5. The van der Waals surface area contributed by atoms with Crippen LogP contribution < -0.4 is 9.47 Å². The summed E-state index contributed by atoms with van der Waals surface area (Å²) in [7, 11) is 3.03. The van der Waals surface area contributed by atoms with Gasteiger partial charge in [-0.25, -0.2) is 0 Å². The number of hydrogen-bond donors (Lipinski definition) is 1. The van der Waals surface area contributed by atoms with Crippen LogP contribution in [0.25, 0.3) is 0 Å². The molecule has 5 nitrogen and oxygen atoms in total. The summed E-state index contributed by atoms with van der Waals surface area (Å²) < 4.78 is 15.0. The number of carbonyl (C=O) groups excluding carboxylic acids is 1. The number of rotatable bonds is 6. The van der Waals surface area contributed by atoms with Crippen molar-refractivity contribution in [3.63, 3.8) is 0 Å². The van der Waals surface area contributed by atoms with E-state index in [1.54, 1.807) is 25.1 Å². The molecule has 0 radical (unpaired) electrons. The molecule has 1 unspecified atom stereocenters. The van der Waals surface area contributed by atoms with E-state index in [2.05, 4.69) is 0 Å². The predicted octanol–water partition coefficient (Wildman–Crippen LogP) is 1.69. The van der Waals surface area contributed by atoms with Crippen LogP contribution in [0, 0.1) is 0 Å². The van der Waals surface area contributed by atoms with Crippen LogP contribution in [0.15, 0.2) is 18.2 Å². The highest BCUT2D eigenvalue weighted by Crippen LogP contribution is 2.31. The third kappa shape index (κ3) is 3.63. The highest BCUT2D eigenvalue weighted by atomic mass is 16.5. The molecule has 1 rings (SSSR count). The predicted molar refractivity (Wildman–Crippen MR) is 65.8 cm³/mol. The van der Waals surface area contributed by atoms with Crippen molar-refractivity contribution in [1.29, 1.82) is 0 Å². The van der Waals surface area contributed by atoms with Crippen LogP contribution >= 0.6 is 0 Å². The first-order valence-electron chi connectivity index (χ1n) is 5.68. The number of carbonyl (C=O) groups is 1. The zero-order valence-electron chi connectivity index (χ0n) is 10.8. The molecule has 18 heavy (non-hydrogen) atoms. The highest BCUT2D eigenvalue weighted by molar-refractivity contribution is 5.70. The van der Waals surface area contributed by atoms with Gasteiger partial charge in [0.15, 0.2) is 0 Å². The summed E-state index contributed by atoms with van der Waals surface area (Å²) in [4.78, 5) is 11.3. The molecule has 0 heterocycles. The largest absolute Gasteiger partial charge is 0.497 e. The lowest BCUT2D eigenvalue weighted by atomic mass is 10.1. The number of esters is 1. The van der Waals surface area contributed by atoms with Gasteiger partial charge in [-0.1, -0.05) is 0 Å².